The summed E-state index contributed by atoms with van der Waals surface area (Å²) in [6, 6.07) is 5.80. The number of unbranched alkanes of at least 4 members (excludes halogenated alkanes) is 2. The van der Waals surface area contributed by atoms with Gasteiger partial charge in [0.25, 0.3) is 0 Å². The van der Waals surface area contributed by atoms with Gasteiger partial charge in [0.15, 0.2) is 11.5 Å². The van der Waals surface area contributed by atoms with Gasteiger partial charge in [0, 0.05) is 6.42 Å². The number of ether oxygens (including phenoxy) is 2. The number of benzene rings is 1. The molecule has 0 heterocycles. The molecular weight excluding hydrogens is 256 g/mol. The predicted molar refractivity (Wildman–Crippen MR) is 79.3 cm³/mol. The molecule has 1 aromatic rings. The Labute approximate surface area is 120 Å². The van der Waals surface area contributed by atoms with Crippen molar-refractivity contribution in [3.05, 3.63) is 29.8 Å². The Hall–Kier alpha value is -1.97. The van der Waals surface area contributed by atoms with Crippen molar-refractivity contribution in [2.75, 3.05) is 13.7 Å². The van der Waals surface area contributed by atoms with Crippen molar-refractivity contribution in [1.29, 1.82) is 0 Å². The number of rotatable bonds is 9. The average Bonchev–Trinajstić information content (AvgIpc) is 2.43. The Kier molecular flexibility index (Phi) is 7.25. The third kappa shape index (κ3) is 5.78. The quantitative estimate of drug-likeness (QED) is 0.699. The molecule has 0 spiro atoms. The number of allylic oxidation sites excluding steroid dienone is 1. The van der Waals surface area contributed by atoms with Gasteiger partial charge < -0.3 is 14.6 Å². The number of hydrogen-bond acceptors (Lipinski definition) is 3. The van der Waals surface area contributed by atoms with Crippen LogP contribution in [0.5, 0.6) is 11.5 Å². The maximum absolute atomic E-state index is 10.4. The monoisotopic (exact) mass is 278 g/mol. The van der Waals surface area contributed by atoms with E-state index in [2.05, 4.69) is 0 Å². The summed E-state index contributed by atoms with van der Waals surface area (Å²) >= 11 is 0. The number of carboxylic acids is 1. The fraction of sp³-hybridized carbons (Fsp3) is 0.438. The lowest BCUT2D eigenvalue weighted by Crippen LogP contribution is -2.00. The van der Waals surface area contributed by atoms with Crippen molar-refractivity contribution in [1.82, 2.24) is 0 Å². The van der Waals surface area contributed by atoms with Gasteiger partial charge in [-0.25, -0.2) is 0 Å². The van der Waals surface area contributed by atoms with Gasteiger partial charge in [-0.2, -0.15) is 0 Å². The molecule has 110 valence electrons. The minimum atomic E-state index is -0.743. The van der Waals surface area contributed by atoms with Crippen molar-refractivity contribution >= 4 is 12.0 Å². The third-order valence-corrected chi connectivity index (χ3v) is 2.84. The molecule has 1 rings (SSSR count). The molecular formula is C16H22O4. The zero-order valence-electron chi connectivity index (χ0n) is 12.1. The first-order valence-electron chi connectivity index (χ1n) is 6.82. The first-order valence-corrected chi connectivity index (χ1v) is 6.82. The van der Waals surface area contributed by atoms with E-state index in [1.54, 1.807) is 7.11 Å². The second kappa shape index (κ2) is 9.02. The molecule has 0 amide bonds. The highest BCUT2D eigenvalue weighted by atomic mass is 16.5. The lowest BCUT2D eigenvalue weighted by molar-refractivity contribution is -0.137. The van der Waals surface area contributed by atoms with Gasteiger partial charge in [-0.3, -0.25) is 4.79 Å². The molecule has 1 N–H and O–H groups in total. The molecule has 0 bridgehead atoms. The first-order chi connectivity index (χ1) is 9.67. The summed E-state index contributed by atoms with van der Waals surface area (Å²) in [5.74, 6) is 0.692. The van der Waals surface area contributed by atoms with Crippen molar-refractivity contribution in [3.8, 4) is 11.5 Å². The summed E-state index contributed by atoms with van der Waals surface area (Å²) in [6.07, 6.45) is 6.58. The van der Waals surface area contributed by atoms with E-state index in [0.717, 1.165) is 24.2 Å². The number of aliphatic carboxylic acids is 1. The second-order valence-electron chi connectivity index (χ2n) is 4.46. The third-order valence-electron chi connectivity index (χ3n) is 2.84. The van der Waals surface area contributed by atoms with Crippen LogP contribution in [-0.2, 0) is 4.79 Å². The van der Waals surface area contributed by atoms with Gasteiger partial charge in [0.1, 0.15) is 0 Å². The number of carboxylic acid groups (broad SMARTS) is 1. The van der Waals surface area contributed by atoms with Crippen molar-refractivity contribution in [2.24, 2.45) is 0 Å². The second-order valence-corrected chi connectivity index (χ2v) is 4.46. The molecule has 0 aliphatic heterocycles. The molecule has 0 aliphatic carbocycles. The smallest absolute Gasteiger partial charge is 0.303 e. The summed E-state index contributed by atoms with van der Waals surface area (Å²) in [6.45, 7) is 2.53. The zero-order chi connectivity index (χ0) is 14.8. The number of carbonyl (C=O) groups is 1. The Balaban J connectivity index is 2.41. The minimum Gasteiger partial charge on any atom is -0.493 e. The van der Waals surface area contributed by atoms with Crippen molar-refractivity contribution in [3.63, 3.8) is 0 Å². The maximum atomic E-state index is 10.4. The van der Waals surface area contributed by atoms with Crippen LogP contribution in [0.25, 0.3) is 6.08 Å². The Morgan fingerprint density at radius 1 is 1.25 bits per heavy atom. The summed E-state index contributed by atoms with van der Waals surface area (Å²) in [5, 5.41) is 8.53. The van der Waals surface area contributed by atoms with Crippen LogP contribution in [0.2, 0.25) is 0 Å². The topological polar surface area (TPSA) is 55.8 Å². The highest BCUT2D eigenvalue weighted by Crippen LogP contribution is 2.28. The summed E-state index contributed by atoms with van der Waals surface area (Å²) < 4.78 is 11.0. The van der Waals surface area contributed by atoms with Gasteiger partial charge >= 0.3 is 5.97 Å². The summed E-state index contributed by atoms with van der Waals surface area (Å²) in [7, 11) is 1.62. The van der Waals surface area contributed by atoms with Crippen LogP contribution < -0.4 is 9.47 Å². The van der Waals surface area contributed by atoms with Crippen molar-refractivity contribution < 1.29 is 19.4 Å². The van der Waals surface area contributed by atoms with E-state index in [0.29, 0.717) is 18.8 Å². The van der Waals surface area contributed by atoms with Gasteiger partial charge in [0.05, 0.1) is 13.7 Å². The molecule has 0 radical (unpaired) electrons. The Bertz CT molecular complexity index is 452. The van der Waals surface area contributed by atoms with Gasteiger partial charge in [-0.05, 0) is 43.9 Å². The van der Waals surface area contributed by atoms with Crippen LogP contribution in [0.1, 0.15) is 38.2 Å². The Morgan fingerprint density at radius 2 is 2.05 bits per heavy atom. The van der Waals surface area contributed by atoms with E-state index in [-0.39, 0.29) is 6.42 Å². The average molecular weight is 278 g/mol. The lowest BCUT2D eigenvalue weighted by Gasteiger charge is -2.11. The van der Waals surface area contributed by atoms with Gasteiger partial charge in [-0.1, -0.05) is 18.2 Å². The Morgan fingerprint density at radius 3 is 2.70 bits per heavy atom. The molecule has 0 aliphatic rings. The van der Waals surface area contributed by atoms with Crippen LogP contribution in [0.4, 0.5) is 0 Å². The normalized spacial score (nSPS) is 10.7. The minimum absolute atomic E-state index is 0.224. The van der Waals surface area contributed by atoms with Gasteiger partial charge in [-0.15, -0.1) is 0 Å². The van der Waals surface area contributed by atoms with Crippen LogP contribution >= 0.6 is 0 Å². The van der Waals surface area contributed by atoms with E-state index in [4.69, 9.17) is 14.6 Å². The zero-order valence-corrected chi connectivity index (χ0v) is 12.1. The molecule has 0 saturated carbocycles. The van der Waals surface area contributed by atoms with E-state index >= 15 is 0 Å². The largest absolute Gasteiger partial charge is 0.493 e. The van der Waals surface area contributed by atoms with E-state index in [1.165, 1.54) is 0 Å². The predicted octanol–water partition coefficient (Wildman–Crippen LogP) is 3.75. The fourth-order valence-corrected chi connectivity index (χ4v) is 1.84. The van der Waals surface area contributed by atoms with Crippen LogP contribution in [0.3, 0.4) is 0 Å². The molecule has 4 nitrogen and oxygen atoms in total. The molecule has 4 heteroatoms. The standard InChI is InChI=1S/C16H22O4/c1-3-7-13-9-10-14(15(12-13)19-2)20-11-6-4-5-8-16(17)18/h3,7,9-10,12H,4-6,8,11H2,1-2H3,(H,17,18). The van der Waals surface area contributed by atoms with E-state index in [9.17, 15) is 4.79 Å². The molecule has 0 aromatic heterocycles. The molecule has 1 aromatic carbocycles. The maximum Gasteiger partial charge on any atom is 0.303 e. The molecule has 0 saturated heterocycles. The van der Waals surface area contributed by atoms with Crippen LogP contribution in [-0.4, -0.2) is 24.8 Å². The van der Waals surface area contributed by atoms with Gasteiger partial charge in [0.2, 0.25) is 0 Å². The van der Waals surface area contributed by atoms with Crippen LogP contribution in [0, 0.1) is 0 Å². The fourth-order valence-electron chi connectivity index (χ4n) is 1.84. The highest BCUT2D eigenvalue weighted by molar-refractivity contribution is 5.66. The molecule has 0 unspecified atom stereocenters. The first kappa shape index (κ1) is 16.1. The molecule has 0 fully saturated rings. The lowest BCUT2D eigenvalue weighted by atomic mass is 10.2. The highest BCUT2D eigenvalue weighted by Gasteiger charge is 2.04. The van der Waals surface area contributed by atoms with E-state index < -0.39 is 5.97 Å². The number of hydrogen-bond donors (Lipinski definition) is 1. The number of methoxy groups -OCH3 is 1. The molecule has 20 heavy (non-hydrogen) atoms. The van der Waals surface area contributed by atoms with Crippen molar-refractivity contribution in [2.45, 2.75) is 32.6 Å². The summed E-state index contributed by atoms with van der Waals surface area (Å²) in [5.41, 5.74) is 1.07. The SMILES string of the molecule is CC=Cc1ccc(OCCCCCC(=O)O)c(OC)c1. The molecule has 0 atom stereocenters. The van der Waals surface area contributed by atoms with E-state index in [1.807, 2.05) is 37.3 Å². The summed E-state index contributed by atoms with van der Waals surface area (Å²) in [4.78, 5) is 10.4. The van der Waals surface area contributed by atoms with Crippen LogP contribution in [0.15, 0.2) is 24.3 Å².